The summed E-state index contributed by atoms with van der Waals surface area (Å²) in [6.45, 7) is 2.04. The van der Waals surface area contributed by atoms with Crippen LogP contribution in [-0.2, 0) is 22.4 Å². The Morgan fingerprint density at radius 3 is 2.48 bits per heavy atom. The highest BCUT2D eigenvalue weighted by atomic mass is 35.5. The number of hydrogen-bond donors (Lipinski definition) is 1. The second-order valence-corrected chi connectivity index (χ2v) is 5.47. The summed E-state index contributed by atoms with van der Waals surface area (Å²) in [6, 6.07) is 12.4. The first kappa shape index (κ1) is 17.0. The first-order valence-corrected chi connectivity index (χ1v) is 7.67. The monoisotopic (exact) mass is 331 g/mol. The number of methoxy groups -OCH3 is 1. The molecular formula is C18H18ClNO3. The minimum Gasteiger partial charge on any atom is -0.465 e. The molecule has 0 heterocycles. The van der Waals surface area contributed by atoms with Gasteiger partial charge in [-0.05, 0) is 35.7 Å². The lowest BCUT2D eigenvalue weighted by molar-refractivity contribution is -0.115. The Hall–Kier alpha value is -2.33. The minimum atomic E-state index is -0.522. The van der Waals surface area contributed by atoms with Gasteiger partial charge in [0, 0.05) is 5.02 Å². The maximum Gasteiger partial charge on any atom is 0.339 e. The zero-order valence-electron chi connectivity index (χ0n) is 13.1. The fraction of sp³-hybridized carbons (Fsp3) is 0.222. The zero-order chi connectivity index (χ0) is 16.8. The number of nitrogens with one attached hydrogen (secondary N) is 1. The van der Waals surface area contributed by atoms with E-state index in [1.54, 1.807) is 6.07 Å². The Kier molecular flexibility index (Phi) is 5.77. The molecule has 0 atom stereocenters. The lowest BCUT2D eigenvalue weighted by Crippen LogP contribution is -2.18. The van der Waals surface area contributed by atoms with Gasteiger partial charge in [-0.3, -0.25) is 4.79 Å². The van der Waals surface area contributed by atoms with Gasteiger partial charge in [-0.15, -0.1) is 0 Å². The van der Waals surface area contributed by atoms with E-state index in [9.17, 15) is 9.59 Å². The van der Waals surface area contributed by atoms with Gasteiger partial charge in [0.25, 0.3) is 0 Å². The number of hydrogen-bond acceptors (Lipinski definition) is 3. The molecule has 2 rings (SSSR count). The predicted molar refractivity (Wildman–Crippen MR) is 90.9 cm³/mol. The second-order valence-electron chi connectivity index (χ2n) is 5.03. The van der Waals surface area contributed by atoms with E-state index in [-0.39, 0.29) is 17.9 Å². The standard InChI is InChI=1S/C18H18ClNO3/c1-3-12-6-4-5-7-13(12)10-17(21)20-16-11-14(19)8-9-15(16)18(22)23-2/h4-9,11H,3,10H2,1-2H3,(H,20,21). The maximum atomic E-state index is 12.3. The predicted octanol–water partition coefficient (Wildman–Crippen LogP) is 3.87. The molecule has 0 radical (unpaired) electrons. The van der Waals surface area contributed by atoms with Crippen LogP contribution in [0.25, 0.3) is 0 Å². The molecule has 2 aromatic carbocycles. The summed E-state index contributed by atoms with van der Waals surface area (Å²) in [7, 11) is 1.29. The van der Waals surface area contributed by atoms with Crippen LogP contribution < -0.4 is 5.32 Å². The number of esters is 1. The number of carbonyl (C=O) groups excluding carboxylic acids is 2. The van der Waals surface area contributed by atoms with Crippen molar-refractivity contribution < 1.29 is 14.3 Å². The maximum absolute atomic E-state index is 12.3. The minimum absolute atomic E-state index is 0.210. The normalized spacial score (nSPS) is 10.2. The first-order valence-electron chi connectivity index (χ1n) is 7.29. The molecule has 0 aromatic heterocycles. The van der Waals surface area contributed by atoms with Crippen LogP contribution in [0.2, 0.25) is 5.02 Å². The summed E-state index contributed by atoms with van der Waals surface area (Å²) in [4.78, 5) is 24.1. The molecule has 0 aliphatic rings. The quantitative estimate of drug-likeness (QED) is 0.846. The third kappa shape index (κ3) is 4.33. The van der Waals surface area contributed by atoms with E-state index in [4.69, 9.17) is 16.3 Å². The Morgan fingerprint density at radius 2 is 1.83 bits per heavy atom. The van der Waals surface area contributed by atoms with Crippen LogP contribution in [0.3, 0.4) is 0 Å². The fourth-order valence-electron chi connectivity index (χ4n) is 2.35. The van der Waals surface area contributed by atoms with Gasteiger partial charge in [-0.1, -0.05) is 42.8 Å². The molecule has 0 fully saturated rings. The molecule has 1 amide bonds. The Labute approximate surface area is 140 Å². The topological polar surface area (TPSA) is 55.4 Å². The van der Waals surface area contributed by atoms with E-state index in [0.717, 1.165) is 17.5 Å². The van der Waals surface area contributed by atoms with E-state index >= 15 is 0 Å². The van der Waals surface area contributed by atoms with E-state index in [0.29, 0.717) is 10.7 Å². The molecule has 0 aliphatic heterocycles. The van der Waals surface area contributed by atoms with Crippen LogP contribution in [0, 0.1) is 0 Å². The first-order chi connectivity index (χ1) is 11.0. The number of benzene rings is 2. The molecule has 120 valence electrons. The summed E-state index contributed by atoms with van der Waals surface area (Å²) < 4.78 is 4.72. The van der Waals surface area contributed by atoms with Crippen molar-refractivity contribution >= 4 is 29.2 Å². The highest BCUT2D eigenvalue weighted by molar-refractivity contribution is 6.31. The van der Waals surface area contributed by atoms with Crippen molar-refractivity contribution in [3.63, 3.8) is 0 Å². The number of carbonyl (C=O) groups is 2. The Bertz CT molecular complexity index is 728. The van der Waals surface area contributed by atoms with Crippen LogP contribution in [0.4, 0.5) is 5.69 Å². The molecule has 0 bridgehead atoms. The number of halogens is 1. The lowest BCUT2D eigenvalue weighted by Gasteiger charge is -2.11. The average molecular weight is 332 g/mol. The van der Waals surface area contributed by atoms with Crippen molar-refractivity contribution in [2.75, 3.05) is 12.4 Å². The summed E-state index contributed by atoms with van der Waals surface area (Å²) in [5.41, 5.74) is 2.72. The summed E-state index contributed by atoms with van der Waals surface area (Å²) in [5, 5.41) is 3.17. The number of anilines is 1. The van der Waals surface area contributed by atoms with Crippen molar-refractivity contribution in [2.45, 2.75) is 19.8 Å². The van der Waals surface area contributed by atoms with Gasteiger partial charge in [0.1, 0.15) is 0 Å². The molecule has 2 aromatic rings. The zero-order valence-corrected chi connectivity index (χ0v) is 13.8. The molecule has 1 N–H and O–H groups in total. The van der Waals surface area contributed by atoms with E-state index in [2.05, 4.69) is 5.32 Å². The van der Waals surface area contributed by atoms with Crippen LogP contribution in [0.5, 0.6) is 0 Å². The molecule has 5 heteroatoms. The van der Waals surface area contributed by atoms with Crippen molar-refractivity contribution in [1.82, 2.24) is 0 Å². The third-order valence-electron chi connectivity index (χ3n) is 3.51. The van der Waals surface area contributed by atoms with E-state index in [1.807, 2.05) is 31.2 Å². The van der Waals surface area contributed by atoms with E-state index < -0.39 is 5.97 Å². The number of rotatable bonds is 5. The van der Waals surface area contributed by atoms with Gasteiger partial charge in [0.15, 0.2) is 0 Å². The summed E-state index contributed by atoms with van der Waals surface area (Å²) >= 11 is 5.95. The highest BCUT2D eigenvalue weighted by Gasteiger charge is 2.15. The van der Waals surface area contributed by atoms with Gasteiger partial charge in [-0.25, -0.2) is 4.79 Å². The van der Waals surface area contributed by atoms with Crippen LogP contribution >= 0.6 is 11.6 Å². The molecule has 0 spiro atoms. The number of ether oxygens (including phenoxy) is 1. The Morgan fingerprint density at radius 1 is 1.13 bits per heavy atom. The van der Waals surface area contributed by atoms with Crippen molar-refractivity contribution in [3.8, 4) is 0 Å². The average Bonchev–Trinajstić information content (AvgIpc) is 2.54. The van der Waals surface area contributed by atoms with Crippen molar-refractivity contribution in [3.05, 3.63) is 64.2 Å². The number of amides is 1. The smallest absolute Gasteiger partial charge is 0.339 e. The van der Waals surface area contributed by atoms with Gasteiger partial charge >= 0.3 is 5.97 Å². The molecule has 4 nitrogen and oxygen atoms in total. The molecule has 0 saturated carbocycles. The fourth-order valence-corrected chi connectivity index (χ4v) is 2.52. The molecular weight excluding hydrogens is 314 g/mol. The van der Waals surface area contributed by atoms with Crippen LogP contribution in [0.1, 0.15) is 28.4 Å². The molecule has 23 heavy (non-hydrogen) atoms. The van der Waals surface area contributed by atoms with Crippen molar-refractivity contribution in [1.29, 1.82) is 0 Å². The van der Waals surface area contributed by atoms with Crippen LogP contribution in [0.15, 0.2) is 42.5 Å². The molecule has 0 unspecified atom stereocenters. The molecule has 0 aliphatic carbocycles. The highest BCUT2D eigenvalue weighted by Crippen LogP contribution is 2.22. The summed E-state index contributed by atoms with van der Waals surface area (Å²) in [5.74, 6) is -0.732. The Balaban J connectivity index is 2.20. The van der Waals surface area contributed by atoms with E-state index in [1.165, 1.54) is 19.2 Å². The van der Waals surface area contributed by atoms with Gasteiger partial charge < -0.3 is 10.1 Å². The van der Waals surface area contributed by atoms with Crippen molar-refractivity contribution in [2.24, 2.45) is 0 Å². The largest absolute Gasteiger partial charge is 0.465 e. The lowest BCUT2D eigenvalue weighted by atomic mass is 10.0. The SMILES string of the molecule is CCc1ccccc1CC(=O)Nc1cc(Cl)ccc1C(=O)OC. The van der Waals surface area contributed by atoms with Gasteiger partial charge in [0.05, 0.1) is 24.8 Å². The second kappa shape index (κ2) is 7.79. The van der Waals surface area contributed by atoms with Crippen LogP contribution in [-0.4, -0.2) is 19.0 Å². The summed E-state index contributed by atoms with van der Waals surface area (Å²) in [6.07, 6.45) is 1.09. The van der Waals surface area contributed by atoms with Gasteiger partial charge in [-0.2, -0.15) is 0 Å². The number of aryl methyl sites for hydroxylation is 1. The third-order valence-corrected chi connectivity index (χ3v) is 3.75. The van der Waals surface area contributed by atoms with Gasteiger partial charge in [0.2, 0.25) is 5.91 Å². The molecule has 0 saturated heterocycles.